The zero-order valence-corrected chi connectivity index (χ0v) is 15.1. The number of benzene rings is 1. The van der Waals surface area contributed by atoms with Gasteiger partial charge in [-0.2, -0.15) is 5.10 Å². The molecule has 26 heavy (non-hydrogen) atoms. The standard InChI is InChI=1S/C18H18ClN5O2/c1-11(2)24-17-12(8-22-24)7-13(9-20-17)23-16(25)10-21-18(26)14-5-3-4-6-15(14)19/h3-9,11H,10H2,1-2H3,(H,21,26)(H,23,25). The van der Waals surface area contributed by atoms with Gasteiger partial charge in [0.05, 0.1) is 35.2 Å². The minimum absolute atomic E-state index is 0.173. The molecule has 8 heteroatoms. The second-order valence-electron chi connectivity index (χ2n) is 6.03. The highest BCUT2D eigenvalue weighted by atomic mass is 35.5. The van der Waals surface area contributed by atoms with Crippen molar-refractivity contribution in [2.24, 2.45) is 0 Å². The van der Waals surface area contributed by atoms with Crippen molar-refractivity contribution in [2.75, 3.05) is 11.9 Å². The molecule has 0 bridgehead atoms. The highest BCUT2D eigenvalue weighted by molar-refractivity contribution is 6.33. The van der Waals surface area contributed by atoms with Crippen LogP contribution in [0.15, 0.2) is 42.7 Å². The summed E-state index contributed by atoms with van der Waals surface area (Å²) in [4.78, 5) is 28.5. The fourth-order valence-electron chi connectivity index (χ4n) is 2.49. The summed E-state index contributed by atoms with van der Waals surface area (Å²) in [6.45, 7) is 3.87. The van der Waals surface area contributed by atoms with Crippen LogP contribution in [0.3, 0.4) is 0 Å². The van der Waals surface area contributed by atoms with Crippen molar-refractivity contribution in [1.82, 2.24) is 20.1 Å². The van der Waals surface area contributed by atoms with Gasteiger partial charge >= 0.3 is 0 Å². The molecule has 0 saturated heterocycles. The van der Waals surface area contributed by atoms with Gasteiger partial charge in [-0.15, -0.1) is 0 Å². The fourth-order valence-corrected chi connectivity index (χ4v) is 2.71. The average molecular weight is 372 g/mol. The van der Waals surface area contributed by atoms with Crippen molar-refractivity contribution in [3.8, 4) is 0 Å². The van der Waals surface area contributed by atoms with Gasteiger partial charge in [0.2, 0.25) is 5.91 Å². The first-order chi connectivity index (χ1) is 12.5. The van der Waals surface area contributed by atoms with E-state index in [9.17, 15) is 9.59 Å². The van der Waals surface area contributed by atoms with Crippen LogP contribution in [-0.2, 0) is 4.79 Å². The number of hydrogen-bond donors (Lipinski definition) is 2. The summed E-state index contributed by atoms with van der Waals surface area (Å²) < 4.78 is 1.81. The SMILES string of the molecule is CC(C)n1ncc2cc(NC(=O)CNC(=O)c3ccccc3Cl)cnc21. The minimum Gasteiger partial charge on any atom is -0.343 e. The van der Waals surface area contributed by atoms with Crippen LogP contribution < -0.4 is 10.6 Å². The summed E-state index contributed by atoms with van der Waals surface area (Å²) in [5.74, 6) is -0.764. The zero-order chi connectivity index (χ0) is 18.7. The van der Waals surface area contributed by atoms with E-state index in [1.54, 1.807) is 42.7 Å². The number of nitrogens with one attached hydrogen (secondary N) is 2. The van der Waals surface area contributed by atoms with Gasteiger partial charge in [0.1, 0.15) is 0 Å². The molecular formula is C18H18ClN5O2. The number of amides is 2. The summed E-state index contributed by atoms with van der Waals surface area (Å²) in [6.07, 6.45) is 3.27. The number of pyridine rings is 1. The minimum atomic E-state index is -0.405. The van der Waals surface area contributed by atoms with Gasteiger partial charge in [-0.25, -0.2) is 9.67 Å². The number of halogens is 1. The van der Waals surface area contributed by atoms with Crippen molar-refractivity contribution in [3.63, 3.8) is 0 Å². The zero-order valence-electron chi connectivity index (χ0n) is 14.4. The summed E-state index contributed by atoms with van der Waals surface area (Å²) in [5, 5.41) is 10.7. The number of anilines is 1. The molecule has 0 atom stereocenters. The Labute approximate surface area is 155 Å². The quantitative estimate of drug-likeness (QED) is 0.721. The molecule has 2 N–H and O–H groups in total. The molecule has 2 heterocycles. The predicted molar refractivity (Wildman–Crippen MR) is 100 cm³/mol. The second-order valence-corrected chi connectivity index (χ2v) is 6.44. The number of carbonyl (C=O) groups excluding carboxylic acids is 2. The van der Waals surface area contributed by atoms with E-state index >= 15 is 0 Å². The van der Waals surface area contributed by atoms with E-state index in [1.165, 1.54) is 0 Å². The number of hydrogen-bond acceptors (Lipinski definition) is 4. The van der Waals surface area contributed by atoms with E-state index in [4.69, 9.17) is 11.6 Å². The van der Waals surface area contributed by atoms with Crippen LogP contribution in [0.25, 0.3) is 11.0 Å². The summed E-state index contributed by atoms with van der Waals surface area (Å²) in [5.41, 5.74) is 1.62. The smallest absolute Gasteiger partial charge is 0.253 e. The normalized spacial score (nSPS) is 10.9. The monoisotopic (exact) mass is 371 g/mol. The molecule has 0 aliphatic carbocycles. The maximum Gasteiger partial charge on any atom is 0.253 e. The number of nitrogens with zero attached hydrogens (tertiary/aromatic N) is 3. The van der Waals surface area contributed by atoms with Gasteiger partial charge in [-0.1, -0.05) is 23.7 Å². The van der Waals surface area contributed by atoms with E-state index < -0.39 is 5.91 Å². The molecule has 7 nitrogen and oxygen atoms in total. The van der Waals surface area contributed by atoms with Crippen LogP contribution in [-0.4, -0.2) is 33.1 Å². The lowest BCUT2D eigenvalue weighted by Crippen LogP contribution is -2.33. The molecule has 0 unspecified atom stereocenters. The lowest BCUT2D eigenvalue weighted by Gasteiger charge is -2.09. The fraction of sp³-hybridized carbons (Fsp3) is 0.222. The molecule has 0 aliphatic heterocycles. The van der Waals surface area contributed by atoms with Gasteiger partial charge in [0.15, 0.2) is 5.65 Å². The number of aromatic nitrogens is 3. The number of carbonyl (C=O) groups is 2. The van der Waals surface area contributed by atoms with Crippen LogP contribution >= 0.6 is 11.6 Å². The Morgan fingerprint density at radius 1 is 1.23 bits per heavy atom. The molecule has 0 radical (unpaired) electrons. The number of rotatable bonds is 5. The Morgan fingerprint density at radius 2 is 2.00 bits per heavy atom. The number of fused-ring (bicyclic) bond motifs is 1. The molecule has 3 aromatic rings. The van der Waals surface area contributed by atoms with E-state index in [0.29, 0.717) is 16.3 Å². The molecule has 0 aliphatic rings. The largest absolute Gasteiger partial charge is 0.343 e. The molecule has 0 spiro atoms. The second kappa shape index (κ2) is 7.53. The molecule has 0 fully saturated rings. The highest BCUT2D eigenvalue weighted by Gasteiger charge is 2.12. The Morgan fingerprint density at radius 3 is 2.73 bits per heavy atom. The maximum absolute atomic E-state index is 12.1. The summed E-state index contributed by atoms with van der Waals surface area (Å²) in [7, 11) is 0. The van der Waals surface area contributed by atoms with Crippen molar-refractivity contribution in [1.29, 1.82) is 0 Å². The van der Waals surface area contributed by atoms with E-state index in [1.807, 2.05) is 18.5 Å². The van der Waals surface area contributed by atoms with Crippen LogP contribution in [0.1, 0.15) is 30.2 Å². The Balaban J connectivity index is 1.62. The molecule has 134 valence electrons. The molecular weight excluding hydrogens is 354 g/mol. The highest BCUT2D eigenvalue weighted by Crippen LogP contribution is 2.19. The molecule has 2 amide bonds. The van der Waals surface area contributed by atoms with Crippen molar-refractivity contribution in [3.05, 3.63) is 53.3 Å². The summed E-state index contributed by atoms with van der Waals surface area (Å²) in [6, 6.07) is 8.65. The molecule has 2 aromatic heterocycles. The van der Waals surface area contributed by atoms with Crippen LogP contribution in [0.5, 0.6) is 0 Å². The van der Waals surface area contributed by atoms with Gasteiger partial charge < -0.3 is 10.6 Å². The third-order valence-electron chi connectivity index (χ3n) is 3.73. The van der Waals surface area contributed by atoms with Crippen molar-refractivity contribution >= 4 is 40.1 Å². The van der Waals surface area contributed by atoms with Gasteiger partial charge in [-0.05, 0) is 32.0 Å². The van der Waals surface area contributed by atoms with Crippen molar-refractivity contribution < 1.29 is 9.59 Å². The first kappa shape index (κ1) is 17.9. The van der Waals surface area contributed by atoms with Crippen molar-refractivity contribution in [2.45, 2.75) is 19.9 Å². The maximum atomic E-state index is 12.1. The third kappa shape index (κ3) is 3.83. The topological polar surface area (TPSA) is 88.9 Å². The van der Waals surface area contributed by atoms with Gasteiger partial charge in [-0.3, -0.25) is 9.59 Å². The van der Waals surface area contributed by atoms with Gasteiger partial charge in [0, 0.05) is 11.4 Å². The lowest BCUT2D eigenvalue weighted by molar-refractivity contribution is -0.115. The van der Waals surface area contributed by atoms with Crippen LogP contribution in [0, 0.1) is 0 Å². The van der Waals surface area contributed by atoms with E-state index in [-0.39, 0.29) is 18.5 Å². The third-order valence-corrected chi connectivity index (χ3v) is 4.06. The Kier molecular flexibility index (Phi) is 5.18. The molecule has 3 rings (SSSR count). The predicted octanol–water partition coefficient (Wildman–Crippen LogP) is 3.03. The molecule has 0 saturated carbocycles. The first-order valence-corrected chi connectivity index (χ1v) is 8.49. The average Bonchev–Trinajstić information content (AvgIpc) is 3.03. The molecule has 1 aromatic carbocycles. The van der Waals surface area contributed by atoms with Crippen LogP contribution in [0.4, 0.5) is 5.69 Å². The lowest BCUT2D eigenvalue weighted by atomic mass is 10.2. The van der Waals surface area contributed by atoms with E-state index in [2.05, 4.69) is 20.7 Å². The van der Waals surface area contributed by atoms with E-state index in [0.717, 1.165) is 11.0 Å². The Hall–Kier alpha value is -2.93. The van der Waals surface area contributed by atoms with Gasteiger partial charge in [0.25, 0.3) is 5.91 Å². The summed E-state index contributed by atoms with van der Waals surface area (Å²) >= 11 is 5.97. The first-order valence-electron chi connectivity index (χ1n) is 8.11. The van der Waals surface area contributed by atoms with Crippen LogP contribution in [0.2, 0.25) is 5.02 Å². The Bertz CT molecular complexity index is 967.